The van der Waals surface area contributed by atoms with E-state index >= 15 is 0 Å². The Balaban J connectivity index is 2.23. The van der Waals surface area contributed by atoms with Gasteiger partial charge in [-0.25, -0.2) is 0 Å². The van der Waals surface area contributed by atoms with Gasteiger partial charge in [-0.1, -0.05) is 23.7 Å². The smallest absolute Gasteiger partial charge is 0.143 e. The second-order valence-electron chi connectivity index (χ2n) is 3.99. The number of benzene rings is 1. The Kier molecular flexibility index (Phi) is 3.69. The molecule has 1 fully saturated rings. The van der Waals surface area contributed by atoms with Crippen LogP contribution in [0.15, 0.2) is 18.2 Å². The van der Waals surface area contributed by atoms with Crippen LogP contribution in [0.4, 0.5) is 0 Å². The zero-order valence-electron chi connectivity index (χ0n) is 9.50. The van der Waals surface area contributed by atoms with Crippen molar-refractivity contribution in [3.63, 3.8) is 0 Å². The van der Waals surface area contributed by atoms with Crippen LogP contribution in [0.1, 0.15) is 18.6 Å². The highest BCUT2D eigenvalue weighted by molar-refractivity contribution is 6.32. The first-order valence-corrected chi connectivity index (χ1v) is 5.77. The van der Waals surface area contributed by atoms with Crippen molar-refractivity contribution in [3.8, 4) is 5.75 Å². The molecule has 1 saturated heterocycles. The fourth-order valence-corrected chi connectivity index (χ4v) is 2.14. The Hall–Kier alpha value is -0.770. The molecule has 0 amide bonds. The number of methoxy groups -OCH3 is 1. The third-order valence-corrected chi connectivity index (χ3v) is 3.05. The summed E-state index contributed by atoms with van der Waals surface area (Å²) >= 11 is 6.08. The molecule has 1 aromatic carbocycles. The van der Waals surface area contributed by atoms with Crippen molar-refractivity contribution >= 4 is 11.6 Å². The molecule has 0 aliphatic carbocycles. The van der Waals surface area contributed by atoms with Crippen LogP contribution < -0.4 is 10.1 Å². The van der Waals surface area contributed by atoms with Crippen LogP contribution in [0.2, 0.25) is 5.02 Å². The topological polar surface area (TPSA) is 30.5 Å². The highest BCUT2D eigenvalue weighted by Gasteiger charge is 2.23. The summed E-state index contributed by atoms with van der Waals surface area (Å²) in [7, 11) is 1.63. The average molecular weight is 242 g/mol. The van der Waals surface area contributed by atoms with E-state index < -0.39 is 0 Å². The largest absolute Gasteiger partial charge is 0.495 e. The van der Waals surface area contributed by atoms with E-state index in [0.717, 1.165) is 12.1 Å². The number of morpholine rings is 1. The lowest BCUT2D eigenvalue weighted by atomic mass is 10.1. The van der Waals surface area contributed by atoms with E-state index in [2.05, 4.69) is 12.2 Å². The summed E-state index contributed by atoms with van der Waals surface area (Å²) in [5.41, 5.74) is 1.01. The molecule has 0 bridgehead atoms. The average Bonchev–Trinajstić information content (AvgIpc) is 2.30. The number of nitrogens with one attached hydrogen (secondary N) is 1. The molecule has 1 aliphatic rings. The summed E-state index contributed by atoms with van der Waals surface area (Å²) in [5, 5.41) is 4.00. The molecule has 2 rings (SSSR count). The van der Waals surface area contributed by atoms with Crippen molar-refractivity contribution in [1.82, 2.24) is 5.32 Å². The normalized spacial score (nSPS) is 25.4. The highest BCUT2D eigenvalue weighted by Crippen LogP contribution is 2.34. The van der Waals surface area contributed by atoms with Crippen molar-refractivity contribution in [2.75, 3.05) is 20.3 Å². The minimum absolute atomic E-state index is 0.0184. The molecule has 0 saturated carbocycles. The van der Waals surface area contributed by atoms with Gasteiger partial charge in [0.1, 0.15) is 5.75 Å². The molecule has 16 heavy (non-hydrogen) atoms. The van der Waals surface area contributed by atoms with Gasteiger partial charge < -0.3 is 14.8 Å². The van der Waals surface area contributed by atoms with Crippen LogP contribution in [0, 0.1) is 0 Å². The van der Waals surface area contributed by atoms with Crippen molar-refractivity contribution in [3.05, 3.63) is 28.8 Å². The third-order valence-electron chi connectivity index (χ3n) is 2.75. The van der Waals surface area contributed by atoms with Gasteiger partial charge in [0.15, 0.2) is 0 Å². The SMILES string of the molecule is COc1c(Cl)cccc1C1CNC(C)CO1. The minimum atomic E-state index is 0.0184. The lowest BCUT2D eigenvalue weighted by molar-refractivity contribution is 0.00574. The van der Waals surface area contributed by atoms with Gasteiger partial charge in [0, 0.05) is 18.2 Å². The molecule has 1 aliphatic heterocycles. The standard InChI is InChI=1S/C12H16ClNO2/c1-8-7-16-11(6-14-8)9-4-3-5-10(13)12(9)15-2/h3-5,8,11,14H,6-7H2,1-2H3. The maximum absolute atomic E-state index is 6.08. The summed E-state index contributed by atoms with van der Waals surface area (Å²) in [6.07, 6.45) is 0.0184. The minimum Gasteiger partial charge on any atom is -0.495 e. The molecule has 2 unspecified atom stereocenters. The number of hydrogen-bond acceptors (Lipinski definition) is 3. The quantitative estimate of drug-likeness (QED) is 0.863. The Morgan fingerprint density at radius 1 is 1.50 bits per heavy atom. The predicted octanol–water partition coefficient (Wildman–Crippen LogP) is 2.40. The third kappa shape index (κ3) is 2.32. The first-order valence-electron chi connectivity index (χ1n) is 5.39. The monoisotopic (exact) mass is 241 g/mol. The van der Waals surface area contributed by atoms with Crippen LogP contribution in [0.5, 0.6) is 5.75 Å². The first kappa shape index (κ1) is 11.7. The molecular formula is C12H16ClNO2. The van der Waals surface area contributed by atoms with Crippen LogP contribution in [-0.2, 0) is 4.74 Å². The second kappa shape index (κ2) is 5.04. The van der Waals surface area contributed by atoms with Gasteiger partial charge in [0.05, 0.1) is 24.8 Å². The van der Waals surface area contributed by atoms with Gasteiger partial charge >= 0.3 is 0 Å². The van der Waals surface area contributed by atoms with Gasteiger partial charge in [-0.2, -0.15) is 0 Å². The molecule has 0 spiro atoms. The number of ether oxygens (including phenoxy) is 2. The zero-order chi connectivity index (χ0) is 11.5. The van der Waals surface area contributed by atoms with Crippen LogP contribution in [0.3, 0.4) is 0 Å². The molecule has 3 nitrogen and oxygen atoms in total. The number of para-hydroxylation sites is 1. The highest BCUT2D eigenvalue weighted by atomic mass is 35.5. The molecule has 1 heterocycles. The molecule has 0 radical (unpaired) electrons. The second-order valence-corrected chi connectivity index (χ2v) is 4.40. The van der Waals surface area contributed by atoms with Crippen LogP contribution in [-0.4, -0.2) is 26.3 Å². The van der Waals surface area contributed by atoms with E-state index in [1.807, 2.05) is 18.2 Å². The van der Waals surface area contributed by atoms with Crippen molar-refractivity contribution in [1.29, 1.82) is 0 Å². The fraction of sp³-hybridized carbons (Fsp3) is 0.500. The van der Waals surface area contributed by atoms with E-state index in [1.165, 1.54) is 0 Å². The van der Waals surface area contributed by atoms with Gasteiger partial charge in [-0.15, -0.1) is 0 Å². The summed E-state index contributed by atoms with van der Waals surface area (Å²) in [6.45, 7) is 3.60. The Bertz CT molecular complexity index is 362. The molecule has 0 aromatic heterocycles. The van der Waals surface area contributed by atoms with E-state index in [9.17, 15) is 0 Å². The van der Waals surface area contributed by atoms with Gasteiger partial charge in [-0.3, -0.25) is 0 Å². The zero-order valence-corrected chi connectivity index (χ0v) is 10.3. The first-order chi connectivity index (χ1) is 7.72. The summed E-state index contributed by atoms with van der Waals surface area (Å²) in [6, 6.07) is 6.14. The lowest BCUT2D eigenvalue weighted by Gasteiger charge is -2.29. The molecule has 4 heteroatoms. The van der Waals surface area contributed by atoms with E-state index in [-0.39, 0.29) is 6.10 Å². The number of rotatable bonds is 2. The lowest BCUT2D eigenvalue weighted by Crippen LogP contribution is -2.40. The van der Waals surface area contributed by atoms with Crippen molar-refractivity contribution in [2.24, 2.45) is 0 Å². The van der Waals surface area contributed by atoms with E-state index in [1.54, 1.807) is 7.11 Å². The molecular weight excluding hydrogens is 226 g/mol. The number of hydrogen-bond donors (Lipinski definition) is 1. The summed E-state index contributed by atoms with van der Waals surface area (Å²) in [5.74, 6) is 0.713. The van der Waals surface area contributed by atoms with Crippen molar-refractivity contribution < 1.29 is 9.47 Å². The Morgan fingerprint density at radius 3 is 2.94 bits per heavy atom. The van der Waals surface area contributed by atoms with E-state index in [0.29, 0.717) is 23.4 Å². The Labute approximate surface area is 101 Å². The molecule has 1 aromatic rings. The fourth-order valence-electron chi connectivity index (χ4n) is 1.88. The van der Waals surface area contributed by atoms with Crippen LogP contribution in [0.25, 0.3) is 0 Å². The molecule has 1 N–H and O–H groups in total. The van der Waals surface area contributed by atoms with Gasteiger partial charge in [-0.05, 0) is 13.0 Å². The van der Waals surface area contributed by atoms with Crippen molar-refractivity contribution in [2.45, 2.75) is 19.1 Å². The predicted molar refractivity (Wildman–Crippen MR) is 64.2 cm³/mol. The Morgan fingerprint density at radius 2 is 2.31 bits per heavy atom. The van der Waals surface area contributed by atoms with Gasteiger partial charge in [0.2, 0.25) is 0 Å². The van der Waals surface area contributed by atoms with Crippen LogP contribution >= 0.6 is 11.6 Å². The maximum Gasteiger partial charge on any atom is 0.143 e. The molecule has 2 atom stereocenters. The van der Waals surface area contributed by atoms with E-state index in [4.69, 9.17) is 21.1 Å². The summed E-state index contributed by atoms with van der Waals surface area (Å²) in [4.78, 5) is 0. The number of halogens is 1. The summed E-state index contributed by atoms with van der Waals surface area (Å²) < 4.78 is 11.1. The maximum atomic E-state index is 6.08. The van der Waals surface area contributed by atoms with Gasteiger partial charge in [0.25, 0.3) is 0 Å². The molecule has 88 valence electrons.